The maximum Gasteiger partial charge on any atom is 0.416 e. The molecule has 0 spiro atoms. The lowest BCUT2D eigenvalue weighted by Crippen LogP contribution is -2.49. The number of rotatable bonds is 7. The lowest BCUT2D eigenvalue weighted by atomic mass is 10.1. The summed E-state index contributed by atoms with van der Waals surface area (Å²) in [5.41, 5.74) is 3.22. The molecule has 0 radical (unpaired) electrons. The first-order valence-corrected chi connectivity index (χ1v) is 15.5. The molecule has 0 N–H and O–H groups in total. The highest BCUT2D eigenvalue weighted by Crippen LogP contribution is 2.23. The zero-order valence-electron chi connectivity index (χ0n) is 26.6. The molecule has 0 saturated carbocycles. The van der Waals surface area contributed by atoms with E-state index < -0.39 is 12.0 Å². The normalized spacial score (nSPS) is 12.9. The Morgan fingerprint density at radius 1 is 0.792 bits per heavy atom. The second-order valence-corrected chi connectivity index (χ2v) is 11.3. The van der Waals surface area contributed by atoms with Crippen molar-refractivity contribution in [1.29, 1.82) is 0 Å². The van der Waals surface area contributed by atoms with Crippen molar-refractivity contribution < 1.29 is 23.9 Å². The fraction of sp³-hybridized carbons (Fsp3) is 0.222. The lowest BCUT2D eigenvalue weighted by Gasteiger charge is -2.34. The minimum absolute atomic E-state index is 0.0407. The molecule has 0 atom stereocenters. The molecule has 3 heterocycles. The van der Waals surface area contributed by atoms with Crippen LogP contribution in [0.15, 0.2) is 102 Å². The largest absolute Gasteiger partial charge is 0.452 e. The van der Waals surface area contributed by atoms with Crippen molar-refractivity contribution in [3.05, 3.63) is 130 Å². The highest BCUT2D eigenvalue weighted by Gasteiger charge is 2.26. The van der Waals surface area contributed by atoms with Crippen LogP contribution < -0.4 is 10.5 Å². The smallest absolute Gasteiger partial charge is 0.416 e. The number of piperazine rings is 1. The topological polar surface area (TPSA) is 127 Å². The van der Waals surface area contributed by atoms with Crippen LogP contribution in [0.2, 0.25) is 0 Å². The number of aromatic nitrogens is 3. The number of pyridine rings is 1. The van der Waals surface area contributed by atoms with Gasteiger partial charge in [0.1, 0.15) is 6.61 Å². The summed E-state index contributed by atoms with van der Waals surface area (Å²) in [5.74, 6) is -0.0934. The molecular weight excluding hydrogens is 612 g/mol. The summed E-state index contributed by atoms with van der Waals surface area (Å²) in [6.45, 7) is 3.93. The minimum atomic E-state index is -0.775. The summed E-state index contributed by atoms with van der Waals surface area (Å²) >= 11 is 0. The van der Waals surface area contributed by atoms with Gasteiger partial charge in [-0.15, -0.1) is 0 Å². The number of benzene rings is 3. The van der Waals surface area contributed by atoms with Crippen molar-refractivity contribution >= 4 is 35.1 Å². The van der Waals surface area contributed by atoms with Crippen LogP contribution in [0.1, 0.15) is 27.2 Å². The Morgan fingerprint density at radius 3 is 2.08 bits per heavy atom. The Hall–Kier alpha value is -6.04. The molecule has 3 amide bonds. The number of fused-ring (bicyclic) bond motifs is 1. The first kappa shape index (κ1) is 31.9. The molecule has 0 bridgehead atoms. The number of ether oxygens (including phenoxy) is 2. The first-order chi connectivity index (χ1) is 23.3. The maximum atomic E-state index is 13.4. The van der Waals surface area contributed by atoms with Crippen molar-refractivity contribution in [3.8, 4) is 5.69 Å². The standard InChI is InChI=1S/C36H34N6O6/c1-25-30-17-18-31(43)42(29-15-13-28(14-16-29)33(44)41(36(46)47-2)23-26-9-5-3-6-10-26)32(30)38-34(37-25)39-19-21-40(22-20-39)35(45)48-24-27-11-7-4-8-12-27/h3-18H,19-24H2,1-2H3. The van der Waals surface area contributed by atoms with Crippen LogP contribution in [0.25, 0.3) is 16.7 Å². The van der Waals surface area contributed by atoms with Gasteiger partial charge in [-0.3, -0.25) is 14.2 Å². The molecule has 1 saturated heterocycles. The fourth-order valence-corrected chi connectivity index (χ4v) is 5.55. The van der Waals surface area contributed by atoms with E-state index in [-0.39, 0.29) is 30.4 Å². The molecule has 12 nitrogen and oxygen atoms in total. The van der Waals surface area contributed by atoms with Crippen LogP contribution in [0.3, 0.4) is 0 Å². The van der Waals surface area contributed by atoms with Gasteiger partial charge >= 0.3 is 12.2 Å². The van der Waals surface area contributed by atoms with Gasteiger partial charge in [0.05, 0.1) is 25.0 Å². The maximum absolute atomic E-state index is 13.4. The van der Waals surface area contributed by atoms with Gasteiger partial charge in [-0.05, 0) is 48.4 Å². The Balaban J connectivity index is 1.21. The van der Waals surface area contributed by atoms with E-state index >= 15 is 0 Å². The summed E-state index contributed by atoms with van der Waals surface area (Å²) in [4.78, 5) is 66.1. The van der Waals surface area contributed by atoms with Crippen LogP contribution in [0.4, 0.5) is 15.5 Å². The number of methoxy groups -OCH3 is 1. The van der Waals surface area contributed by atoms with Gasteiger partial charge in [0.15, 0.2) is 5.65 Å². The van der Waals surface area contributed by atoms with E-state index in [1.807, 2.05) is 72.5 Å². The van der Waals surface area contributed by atoms with Crippen molar-refractivity contribution in [1.82, 2.24) is 24.3 Å². The Bertz CT molecular complexity index is 1990. The Morgan fingerprint density at radius 2 is 1.44 bits per heavy atom. The van der Waals surface area contributed by atoms with Gasteiger partial charge in [0, 0.05) is 43.2 Å². The molecule has 5 aromatic rings. The average Bonchev–Trinajstić information content (AvgIpc) is 3.13. The second kappa shape index (κ2) is 14.2. The van der Waals surface area contributed by atoms with Crippen molar-refractivity contribution in [2.24, 2.45) is 0 Å². The van der Waals surface area contributed by atoms with Crippen LogP contribution in [-0.2, 0) is 22.6 Å². The van der Waals surface area contributed by atoms with E-state index in [9.17, 15) is 19.2 Å². The summed E-state index contributed by atoms with van der Waals surface area (Å²) < 4.78 is 11.8. The number of carbonyl (C=O) groups excluding carboxylic acids is 3. The van der Waals surface area contributed by atoms with E-state index in [0.29, 0.717) is 54.5 Å². The number of hydrogen-bond acceptors (Lipinski definition) is 9. The molecule has 0 aliphatic carbocycles. The highest BCUT2D eigenvalue weighted by molar-refractivity contribution is 6.03. The lowest BCUT2D eigenvalue weighted by molar-refractivity contribution is 0.0693. The third-order valence-corrected chi connectivity index (χ3v) is 8.15. The van der Waals surface area contributed by atoms with Gasteiger partial charge in [-0.2, -0.15) is 4.98 Å². The van der Waals surface area contributed by atoms with Gasteiger partial charge in [-0.25, -0.2) is 19.5 Å². The molecule has 48 heavy (non-hydrogen) atoms. The van der Waals surface area contributed by atoms with E-state index in [1.165, 1.54) is 17.7 Å². The third kappa shape index (κ3) is 6.87. The quantitative estimate of drug-likeness (QED) is 0.241. The first-order valence-electron chi connectivity index (χ1n) is 15.5. The number of anilines is 1. The van der Waals surface area contributed by atoms with E-state index in [0.717, 1.165) is 16.0 Å². The summed E-state index contributed by atoms with van der Waals surface area (Å²) in [6.07, 6.45) is -1.15. The van der Waals surface area contributed by atoms with Crippen LogP contribution >= 0.6 is 0 Å². The Labute approximate surface area is 276 Å². The molecule has 12 heteroatoms. The fourth-order valence-electron chi connectivity index (χ4n) is 5.55. The Kier molecular flexibility index (Phi) is 9.42. The van der Waals surface area contributed by atoms with Gasteiger partial charge in [-0.1, -0.05) is 60.7 Å². The highest BCUT2D eigenvalue weighted by atomic mass is 16.6. The number of hydrogen-bond donors (Lipinski definition) is 0. The number of amides is 3. The second-order valence-electron chi connectivity index (χ2n) is 11.3. The molecule has 2 aromatic heterocycles. The number of aryl methyl sites for hydroxylation is 1. The van der Waals surface area contributed by atoms with Crippen molar-refractivity contribution in [2.45, 2.75) is 20.1 Å². The molecule has 244 valence electrons. The van der Waals surface area contributed by atoms with Crippen LogP contribution in [0, 0.1) is 6.92 Å². The molecular formula is C36H34N6O6. The monoisotopic (exact) mass is 646 g/mol. The number of imide groups is 1. The molecule has 1 fully saturated rings. The van der Waals surface area contributed by atoms with Gasteiger partial charge < -0.3 is 19.3 Å². The number of nitrogens with zero attached hydrogens (tertiary/aromatic N) is 6. The van der Waals surface area contributed by atoms with Gasteiger partial charge in [0.25, 0.3) is 11.5 Å². The predicted molar refractivity (Wildman–Crippen MR) is 179 cm³/mol. The van der Waals surface area contributed by atoms with E-state index in [1.54, 1.807) is 35.2 Å². The molecule has 1 aliphatic rings. The molecule has 0 unspecified atom stereocenters. The minimum Gasteiger partial charge on any atom is -0.452 e. The molecule has 3 aromatic carbocycles. The van der Waals surface area contributed by atoms with E-state index in [2.05, 4.69) is 0 Å². The number of carbonyl (C=O) groups is 3. The predicted octanol–water partition coefficient (Wildman–Crippen LogP) is 4.96. The third-order valence-electron chi connectivity index (χ3n) is 8.15. The molecule has 1 aliphatic heterocycles. The summed E-state index contributed by atoms with van der Waals surface area (Å²) in [7, 11) is 1.22. The SMILES string of the molecule is COC(=O)N(Cc1ccccc1)C(=O)c1ccc(-n2c(=O)ccc3c(C)nc(N4CCN(C(=O)OCc5ccccc5)CC4)nc32)cc1. The van der Waals surface area contributed by atoms with Crippen LogP contribution in [0.5, 0.6) is 0 Å². The zero-order chi connectivity index (χ0) is 33.6. The zero-order valence-corrected chi connectivity index (χ0v) is 26.6. The van der Waals surface area contributed by atoms with Crippen molar-refractivity contribution in [2.75, 3.05) is 38.2 Å². The summed E-state index contributed by atoms with van der Waals surface area (Å²) in [6, 6.07) is 28.2. The van der Waals surface area contributed by atoms with Gasteiger partial charge in [0.2, 0.25) is 5.95 Å². The van der Waals surface area contributed by atoms with Crippen LogP contribution in [-0.4, -0.2) is 75.7 Å². The van der Waals surface area contributed by atoms with E-state index in [4.69, 9.17) is 19.4 Å². The molecule has 6 rings (SSSR count). The van der Waals surface area contributed by atoms with Crippen molar-refractivity contribution in [3.63, 3.8) is 0 Å². The summed E-state index contributed by atoms with van der Waals surface area (Å²) in [5, 5.41) is 0.696. The average molecular weight is 647 g/mol.